The lowest BCUT2D eigenvalue weighted by Crippen LogP contribution is -2.51. The van der Waals surface area contributed by atoms with E-state index in [0.717, 1.165) is 21.2 Å². The summed E-state index contributed by atoms with van der Waals surface area (Å²) in [4.78, 5) is 28.4. The molecule has 0 aliphatic carbocycles. The van der Waals surface area contributed by atoms with E-state index in [1.54, 1.807) is 23.1 Å². The molecule has 0 unspecified atom stereocenters. The van der Waals surface area contributed by atoms with E-state index in [1.807, 2.05) is 61.5 Å². The Kier molecular flexibility index (Phi) is 11.0. The summed E-state index contributed by atoms with van der Waals surface area (Å²) in [5.41, 5.74) is 2.85. The van der Waals surface area contributed by atoms with Gasteiger partial charge in [0, 0.05) is 39.8 Å². The summed E-state index contributed by atoms with van der Waals surface area (Å²) < 4.78 is 1.01. The Morgan fingerprint density at radius 3 is 2.37 bits per heavy atom. The number of carbonyl (C=O) groups is 2. The van der Waals surface area contributed by atoms with Crippen LogP contribution in [0.2, 0.25) is 10.0 Å². The van der Waals surface area contributed by atoms with E-state index in [1.165, 1.54) is 11.8 Å². The fraction of sp³-hybridized carbons (Fsp3) is 0.259. The molecule has 2 amide bonds. The number of rotatable bonds is 11. The van der Waals surface area contributed by atoms with Crippen LogP contribution in [-0.4, -0.2) is 35.1 Å². The van der Waals surface area contributed by atoms with Crippen molar-refractivity contribution in [1.82, 2.24) is 10.2 Å². The maximum Gasteiger partial charge on any atom is 0.243 e. The lowest BCUT2D eigenvalue weighted by atomic mass is 10.0. The molecule has 1 atom stereocenters. The fourth-order valence-corrected chi connectivity index (χ4v) is 5.20. The van der Waals surface area contributed by atoms with E-state index in [-0.39, 0.29) is 24.1 Å². The molecule has 35 heavy (non-hydrogen) atoms. The third-order valence-corrected chi connectivity index (χ3v) is 7.49. The number of nitrogens with one attached hydrogen (secondary N) is 1. The van der Waals surface area contributed by atoms with Gasteiger partial charge in [-0.3, -0.25) is 9.59 Å². The van der Waals surface area contributed by atoms with Gasteiger partial charge in [0.05, 0.1) is 5.75 Å². The van der Waals surface area contributed by atoms with Crippen molar-refractivity contribution in [3.8, 4) is 0 Å². The van der Waals surface area contributed by atoms with Crippen molar-refractivity contribution in [2.45, 2.75) is 31.7 Å². The first-order valence-corrected chi connectivity index (χ1v) is 13.9. The van der Waals surface area contributed by atoms with E-state index in [9.17, 15) is 9.59 Å². The van der Waals surface area contributed by atoms with Crippen molar-refractivity contribution in [3.05, 3.63) is 104 Å². The number of likely N-dealkylation sites (N-methyl/N-ethyl adjacent to an activating group) is 1. The minimum absolute atomic E-state index is 0.120. The summed E-state index contributed by atoms with van der Waals surface area (Å²) in [7, 11) is 0. The average molecular weight is 594 g/mol. The smallest absolute Gasteiger partial charge is 0.243 e. The van der Waals surface area contributed by atoms with Crippen molar-refractivity contribution in [1.29, 1.82) is 0 Å². The van der Waals surface area contributed by atoms with Crippen LogP contribution in [0.5, 0.6) is 0 Å². The van der Waals surface area contributed by atoms with Crippen molar-refractivity contribution in [2.24, 2.45) is 0 Å². The van der Waals surface area contributed by atoms with Crippen LogP contribution in [0.25, 0.3) is 0 Å². The second-order valence-corrected chi connectivity index (χ2v) is 10.7. The van der Waals surface area contributed by atoms with E-state index in [0.29, 0.717) is 28.8 Å². The highest BCUT2D eigenvalue weighted by atomic mass is 79.9. The van der Waals surface area contributed by atoms with Gasteiger partial charge in [-0.25, -0.2) is 0 Å². The molecule has 0 heterocycles. The summed E-state index contributed by atoms with van der Waals surface area (Å²) in [6, 6.07) is 22.3. The molecule has 0 fully saturated rings. The maximum atomic E-state index is 13.6. The van der Waals surface area contributed by atoms with Gasteiger partial charge in [0.15, 0.2) is 0 Å². The Morgan fingerprint density at radius 2 is 1.71 bits per heavy atom. The van der Waals surface area contributed by atoms with Crippen LogP contribution in [0.15, 0.2) is 77.3 Å². The Bertz CT molecular complexity index is 1130. The van der Waals surface area contributed by atoms with Gasteiger partial charge in [-0.15, -0.1) is 11.8 Å². The van der Waals surface area contributed by atoms with E-state index in [4.69, 9.17) is 23.2 Å². The van der Waals surface area contributed by atoms with Crippen LogP contribution in [-0.2, 0) is 28.3 Å². The molecule has 0 aliphatic heterocycles. The summed E-state index contributed by atoms with van der Waals surface area (Å²) in [6.07, 6.45) is 0.404. The molecule has 184 valence electrons. The SMILES string of the molecule is CCNC(=O)[C@H](Cc1ccccc1)N(Cc1ccc(Cl)cc1Cl)C(=O)CSCc1ccc(Br)cc1. The molecule has 3 aromatic carbocycles. The van der Waals surface area contributed by atoms with Crippen LogP contribution in [0.1, 0.15) is 23.6 Å². The number of amides is 2. The van der Waals surface area contributed by atoms with Gasteiger partial charge in [-0.05, 0) is 47.9 Å². The summed E-state index contributed by atoms with van der Waals surface area (Å²) in [5.74, 6) is 0.628. The lowest BCUT2D eigenvalue weighted by Gasteiger charge is -2.31. The second kappa shape index (κ2) is 13.9. The molecule has 0 spiro atoms. The van der Waals surface area contributed by atoms with Gasteiger partial charge in [-0.2, -0.15) is 0 Å². The molecule has 0 aromatic heterocycles. The summed E-state index contributed by atoms with van der Waals surface area (Å²) in [5, 5.41) is 3.88. The molecule has 3 aromatic rings. The summed E-state index contributed by atoms with van der Waals surface area (Å²) in [6.45, 7) is 2.56. The number of halogens is 3. The number of nitrogens with zero attached hydrogens (tertiary/aromatic N) is 1. The third kappa shape index (κ3) is 8.57. The first-order valence-electron chi connectivity index (χ1n) is 11.2. The number of thioether (sulfide) groups is 1. The fourth-order valence-electron chi connectivity index (χ4n) is 3.60. The molecular formula is C27H27BrCl2N2O2S. The molecule has 0 saturated heterocycles. The van der Waals surface area contributed by atoms with Gasteiger partial charge in [-0.1, -0.05) is 87.7 Å². The first-order chi connectivity index (χ1) is 16.9. The Hall–Kier alpha value is -1.99. The minimum atomic E-state index is -0.676. The highest BCUT2D eigenvalue weighted by molar-refractivity contribution is 9.10. The van der Waals surface area contributed by atoms with Crippen molar-refractivity contribution < 1.29 is 9.59 Å². The molecular weight excluding hydrogens is 567 g/mol. The second-order valence-electron chi connectivity index (χ2n) is 7.98. The zero-order valence-electron chi connectivity index (χ0n) is 19.3. The van der Waals surface area contributed by atoms with Gasteiger partial charge >= 0.3 is 0 Å². The third-order valence-electron chi connectivity index (χ3n) is 5.39. The molecule has 0 radical (unpaired) electrons. The van der Waals surface area contributed by atoms with Crippen LogP contribution in [0.3, 0.4) is 0 Å². The number of hydrogen-bond acceptors (Lipinski definition) is 3. The largest absolute Gasteiger partial charge is 0.355 e. The molecule has 0 bridgehead atoms. The highest BCUT2D eigenvalue weighted by Crippen LogP contribution is 2.25. The highest BCUT2D eigenvalue weighted by Gasteiger charge is 2.30. The number of carbonyl (C=O) groups excluding carboxylic acids is 2. The first kappa shape index (κ1) is 27.6. The predicted molar refractivity (Wildman–Crippen MR) is 150 cm³/mol. The normalized spacial score (nSPS) is 11.7. The minimum Gasteiger partial charge on any atom is -0.355 e. The Labute approximate surface area is 229 Å². The average Bonchev–Trinajstić information content (AvgIpc) is 2.84. The van der Waals surface area contributed by atoms with Gasteiger partial charge in [0.2, 0.25) is 11.8 Å². The van der Waals surface area contributed by atoms with Crippen LogP contribution in [0, 0.1) is 0 Å². The molecule has 8 heteroatoms. The molecule has 3 rings (SSSR count). The number of benzene rings is 3. The van der Waals surface area contributed by atoms with Crippen molar-refractivity contribution in [2.75, 3.05) is 12.3 Å². The molecule has 0 aliphatic rings. The van der Waals surface area contributed by atoms with Gasteiger partial charge < -0.3 is 10.2 Å². The Balaban J connectivity index is 1.85. The molecule has 4 nitrogen and oxygen atoms in total. The molecule has 1 N–H and O–H groups in total. The van der Waals surface area contributed by atoms with Crippen LogP contribution < -0.4 is 5.32 Å². The molecule has 0 saturated carbocycles. The van der Waals surface area contributed by atoms with Gasteiger partial charge in [0.25, 0.3) is 0 Å². The number of hydrogen-bond donors (Lipinski definition) is 1. The van der Waals surface area contributed by atoms with Crippen molar-refractivity contribution in [3.63, 3.8) is 0 Å². The van der Waals surface area contributed by atoms with Gasteiger partial charge in [0.1, 0.15) is 6.04 Å². The predicted octanol–water partition coefficient (Wildman–Crippen LogP) is 6.77. The Morgan fingerprint density at radius 1 is 1.00 bits per heavy atom. The standard InChI is InChI=1S/C27H27BrCl2N2O2S/c1-2-31-27(34)25(14-19-6-4-3-5-7-19)32(16-21-10-13-23(29)15-24(21)30)26(33)18-35-17-20-8-11-22(28)12-9-20/h3-13,15,25H,2,14,16-18H2,1H3,(H,31,34)/t25-/m0/s1. The zero-order chi connectivity index (χ0) is 25.2. The topological polar surface area (TPSA) is 49.4 Å². The maximum absolute atomic E-state index is 13.6. The van der Waals surface area contributed by atoms with Crippen molar-refractivity contribution >= 4 is 62.7 Å². The lowest BCUT2D eigenvalue weighted by molar-refractivity contribution is -0.139. The summed E-state index contributed by atoms with van der Waals surface area (Å²) >= 11 is 17.5. The quantitative estimate of drug-likeness (QED) is 0.267. The zero-order valence-corrected chi connectivity index (χ0v) is 23.3. The van der Waals surface area contributed by atoms with Crippen LogP contribution >= 0.6 is 50.9 Å². The monoisotopic (exact) mass is 592 g/mol. The van der Waals surface area contributed by atoms with E-state index in [2.05, 4.69) is 21.2 Å². The van der Waals surface area contributed by atoms with E-state index >= 15 is 0 Å². The van der Waals surface area contributed by atoms with Crippen LogP contribution in [0.4, 0.5) is 0 Å². The van der Waals surface area contributed by atoms with E-state index < -0.39 is 6.04 Å².